The first-order valence-electron chi connectivity index (χ1n) is 8.38. The Hall–Kier alpha value is -3.53. The van der Waals surface area contributed by atoms with Crippen LogP contribution in [0.5, 0.6) is 17.2 Å². The van der Waals surface area contributed by atoms with E-state index in [2.05, 4.69) is 10.2 Å². The quantitative estimate of drug-likeness (QED) is 0.487. The fraction of sp³-hybridized carbons (Fsp3) is 0.158. The van der Waals surface area contributed by atoms with Crippen LogP contribution in [0.15, 0.2) is 52.7 Å². The smallest absolute Gasteiger partial charge is 0.305 e. The number of carbonyl (C=O) groups is 2. The van der Waals surface area contributed by atoms with Crippen molar-refractivity contribution in [3.63, 3.8) is 0 Å². The third kappa shape index (κ3) is 4.66. The Morgan fingerprint density at radius 2 is 1.97 bits per heavy atom. The summed E-state index contributed by atoms with van der Waals surface area (Å²) in [5, 5.41) is 35.6. The predicted octanol–water partition coefficient (Wildman–Crippen LogP) is 2.42. The normalized spacial score (nSPS) is 18.0. The zero-order chi connectivity index (χ0) is 21.0. The third-order valence-corrected chi connectivity index (χ3v) is 5.08. The number of ether oxygens (including phenoxy) is 1. The monoisotopic (exact) mass is 415 g/mol. The number of carboxylic acids is 1. The number of thioether (sulfide) groups is 1. The van der Waals surface area contributed by atoms with Gasteiger partial charge in [-0.15, -0.1) is 5.10 Å². The number of carboxylic acid groups (broad SMARTS) is 1. The van der Waals surface area contributed by atoms with Gasteiger partial charge in [0.15, 0.2) is 16.7 Å². The van der Waals surface area contributed by atoms with Gasteiger partial charge in [-0.1, -0.05) is 11.8 Å². The van der Waals surface area contributed by atoms with Crippen LogP contribution in [0.1, 0.15) is 12.0 Å². The number of hydrogen-bond acceptors (Lipinski definition) is 8. The summed E-state index contributed by atoms with van der Waals surface area (Å²) in [5.74, 6) is -1.22. The van der Waals surface area contributed by atoms with E-state index < -0.39 is 17.1 Å². The van der Waals surface area contributed by atoms with E-state index in [0.29, 0.717) is 11.3 Å². The van der Waals surface area contributed by atoms with Gasteiger partial charge in [-0.2, -0.15) is 5.10 Å². The lowest BCUT2D eigenvalue weighted by molar-refractivity contribution is -0.138. The summed E-state index contributed by atoms with van der Waals surface area (Å²) in [6.45, 7) is 0. The van der Waals surface area contributed by atoms with Gasteiger partial charge in [0.25, 0.3) is 0 Å². The number of hydrogen-bond donors (Lipinski definition) is 3. The third-order valence-electron chi connectivity index (χ3n) is 3.96. The summed E-state index contributed by atoms with van der Waals surface area (Å²) in [4.78, 5) is 25.0. The molecule has 0 spiro atoms. The number of nitrogens with zero attached hydrogens (tertiary/aromatic N) is 3. The number of rotatable bonds is 6. The molecular formula is C19H17N3O6S. The van der Waals surface area contributed by atoms with E-state index >= 15 is 0 Å². The standard InChI is InChI=1S/C19H17N3O6S/c1-28-15-8-11(2-7-14(15)24)10-20-21-19-22(12-3-5-13(23)6-4-12)18(27)16(29-19)9-17(25)26/h2-8,10,16,23-24H,9H2,1H3,(H,25,26)/b20-10+,21-19-/t16-/m1/s1. The highest BCUT2D eigenvalue weighted by molar-refractivity contribution is 8.16. The molecule has 1 aliphatic heterocycles. The maximum absolute atomic E-state index is 12.7. The fourth-order valence-corrected chi connectivity index (χ4v) is 3.66. The molecule has 0 unspecified atom stereocenters. The highest BCUT2D eigenvalue weighted by Gasteiger charge is 2.40. The molecule has 0 radical (unpaired) electrons. The first kappa shape index (κ1) is 20.2. The SMILES string of the molecule is COc1cc(/C=N/N=C2\S[C@H](CC(=O)O)C(=O)N2c2ccc(O)cc2)ccc1O. The van der Waals surface area contributed by atoms with E-state index in [1.807, 2.05) is 0 Å². The van der Waals surface area contributed by atoms with Crippen LogP contribution in [0, 0.1) is 0 Å². The van der Waals surface area contributed by atoms with Crippen LogP contribution in [0.2, 0.25) is 0 Å². The number of methoxy groups -OCH3 is 1. The molecule has 3 N–H and O–H groups in total. The van der Waals surface area contributed by atoms with Crippen molar-refractivity contribution in [2.24, 2.45) is 10.2 Å². The molecule has 2 aromatic rings. The van der Waals surface area contributed by atoms with E-state index in [1.54, 1.807) is 12.1 Å². The van der Waals surface area contributed by atoms with Crippen molar-refractivity contribution in [1.82, 2.24) is 0 Å². The van der Waals surface area contributed by atoms with E-state index in [9.17, 15) is 19.8 Å². The Balaban J connectivity index is 1.89. The molecule has 1 atom stereocenters. The number of aromatic hydroxyl groups is 2. The molecule has 9 nitrogen and oxygen atoms in total. The Labute approximate surface area is 170 Å². The number of carbonyl (C=O) groups excluding carboxylic acids is 1. The molecule has 29 heavy (non-hydrogen) atoms. The molecule has 1 amide bonds. The van der Waals surface area contributed by atoms with Gasteiger partial charge >= 0.3 is 5.97 Å². The maximum Gasteiger partial charge on any atom is 0.305 e. The number of anilines is 1. The molecule has 0 bridgehead atoms. The fourth-order valence-electron chi connectivity index (χ4n) is 2.58. The number of benzene rings is 2. The van der Waals surface area contributed by atoms with Crippen molar-refractivity contribution in [2.75, 3.05) is 12.0 Å². The Bertz CT molecular complexity index is 990. The van der Waals surface area contributed by atoms with Crippen LogP contribution >= 0.6 is 11.8 Å². The molecule has 0 saturated carbocycles. The lowest BCUT2D eigenvalue weighted by Crippen LogP contribution is -2.32. The first-order valence-corrected chi connectivity index (χ1v) is 9.26. The summed E-state index contributed by atoms with van der Waals surface area (Å²) < 4.78 is 5.03. The molecule has 0 aliphatic carbocycles. The summed E-state index contributed by atoms with van der Waals surface area (Å²) in [6, 6.07) is 10.5. The van der Waals surface area contributed by atoms with Crippen LogP contribution < -0.4 is 9.64 Å². The molecule has 1 fully saturated rings. The summed E-state index contributed by atoms with van der Waals surface area (Å²) in [6.07, 6.45) is 1.06. The zero-order valence-electron chi connectivity index (χ0n) is 15.2. The van der Waals surface area contributed by atoms with Crippen molar-refractivity contribution in [2.45, 2.75) is 11.7 Å². The first-order chi connectivity index (χ1) is 13.9. The van der Waals surface area contributed by atoms with Crippen LogP contribution in [0.4, 0.5) is 5.69 Å². The maximum atomic E-state index is 12.7. The molecule has 3 rings (SSSR count). The van der Waals surface area contributed by atoms with E-state index in [0.717, 1.165) is 11.8 Å². The van der Waals surface area contributed by atoms with Gasteiger partial charge in [0.1, 0.15) is 11.0 Å². The molecular weight excluding hydrogens is 398 g/mol. The highest BCUT2D eigenvalue weighted by Crippen LogP contribution is 2.34. The van der Waals surface area contributed by atoms with Gasteiger partial charge < -0.3 is 20.1 Å². The number of amidine groups is 1. The summed E-state index contributed by atoms with van der Waals surface area (Å²) in [7, 11) is 1.43. The highest BCUT2D eigenvalue weighted by atomic mass is 32.2. The van der Waals surface area contributed by atoms with Crippen molar-refractivity contribution < 1.29 is 29.6 Å². The second-order valence-corrected chi connectivity index (χ2v) is 7.12. The van der Waals surface area contributed by atoms with E-state index in [-0.39, 0.29) is 28.8 Å². The van der Waals surface area contributed by atoms with Gasteiger partial charge in [-0.25, -0.2) is 0 Å². The lowest BCUT2D eigenvalue weighted by atomic mass is 10.2. The van der Waals surface area contributed by atoms with E-state index in [4.69, 9.17) is 9.84 Å². The molecule has 1 aliphatic rings. The van der Waals surface area contributed by atoms with Gasteiger partial charge in [0, 0.05) is 0 Å². The second kappa shape index (κ2) is 8.65. The Kier molecular flexibility index (Phi) is 6.03. The number of phenolic OH excluding ortho intramolecular Hbond substituents is 2. The molecule has 1 heterocycles. The lowest BCUT2D eigenvalue weighted by Gasteiger charge is -2.15. The number of amides is 1. The molecule has 2 aromatic carbocycles. The molecule has 150 valence electrons. The van der Waals surface area contributed by atoms with Crippen molar-refractivity contribution in [1.29, 1.82) is 0 Å². The molecule has 0 aromatic heterocycles. The topological polar surface area (TPSA) is 132 Å². The Morgan fingerprint density at radius 1 is 1.24 bits per heavy atom. The van der Waals surface area contributed by atoms with Crippen molar-refractivity contribution in [3.8, 4) is 17.2 Å². The van der Waals surface area contributed by atoms with E-state index in [1.165, 1.54) is 48.6 Å². The van der Waals surface area contributed by atoms with Gasteiger partial charge in [-0.05, 0) is 48.0 Å². The summed E-state index contributed by atoms with van der Waals surface area (Å²) in [5.41, 5.74) is 1.05. The zero-order valence-corrected chi connectivity index (χ0v) is 16.0. The van der Waals surface area contributed by atoms with Gasteiger partial charge in [0.05, 0.1) is 25.4 Å². The van der Waals surface area contributed by atoms with Crippen molar-refractivity contribution >= 4 is 40.7 Å². The minimum atomic E-state index is -1.09. The molecule has 1 saturated heterocycles. The molecule has 10 heteroatoms. The predicted molar refractivity (Wildman–Crippen MR) is 109 cm³/mol. The van der Waals surface area contributed by atoms with Gasteiger partial charge in [0.2, 0.25) is 5.91 Å². The van der Waals surface area contributed by atoms with Crippen LogP contribution in [0.3, 0.4) is 0 Å². The van der Waals surface area contributed by atoms with Crippen LogP contribution in [-0.4, -0.2) is 50.9 Å². The van der Waals surface area contributed by atoms with Crippen LogP contribution in [0.25, 0.3) is 0 Å². The Morgan fingerprint density at radius 3 is 2.62 bits per heavy atom. The summed E-state index contributed by atoms with van der Waals surface area (Å²) >= 11 is 1.00. The number of aliphatic carboxylic acids is 1. The second-order valence-electron chi connectivity index (χ2n) is 5.95. The largest absolute Gasteiger partial charge is 0.508 e. The minimum Gasteiger partial charge on any atom is -0.508 e. The van der Waals surface area contributed by atoms with Gasteiger partial charge in [-0.3, -0.25) is 14.5 Å². The van der Waals surface area contributed by atoms with Crippen LogP contribution in [-0.2, 0) is 9.59 Å². The van der Waals surface area contributed by atoms with Crippen molar-refractivity contribution in [3.05, 3.63) is 48.0 Å². The minimum absolute atomic E-state index is 0.0112. The number of phenols is 2. The average molecular weight is 415 g/mol. The average Bonchev–Trinajstić information content (AvgIpc) is 2.98.